The minimum Gasteiger partial charge on any atom is -0.316 e. The molecule has 0 fully saturated rings. The molecule has 0 unspecified atom stereocenters. The number of Topliss-reactive ketones (excluding diaryl/α,β-unsaturated/α-hetero) is 2. The van der Waals surface area contributed by atoms with Crippen LogP contribution in [0.3, 0.4) is 0 Å². The van der Waals surface area contributed by atoms with Crippen molar-refractivity contribution in [3.05, 3.63) is 0 Å². The van der Waals surface area contributed by atoms with Gasteiger partial charge in [-0.15, -0.1) is 0 Å². The molecule has 3 N–H and O–H groups in total. The van der Waals surface area contributed by atoms with Gasteiger partial charge in [0.1, 0.15) is 0 Å². The molecule has 0 atom stereocenters. The summed E-state index contributed by atoms with van der Waals surface area (Å²) in [5.41, 5.74) is -2.12. The van der Waals surface area contributed by atoms with E-state index in [4.69, 9.17) is 4.52 Å². The molecule has 0 spiro atoms. The topological polar surface area (TPSA) is 113 Å². The van der Waals surface area contributed by atoms with Gasteiger partial charge in [-0.25, -0.2) is 4.57 Å². The third-order valence-electron chi connectivity index (χ3n) is 8.62. The number of phosphoric ester groups is 1. The van der Waals surface area contributed by atoms with Crippen LogP contribution < -0.4 is 5.32 Å². The van der Waals surface area contributed by atoms with Crippen molar-refractivity contribution < 1.29 is 28.5 Å². The van der Waals surface area contributed by atoms with Gasteiger partial charge in [0.2, 0.25) is 5.60 Å². The molecule has 0 bridgehead atoms. The summed E-state index contributed by atoms with van der Waals surface area (Å²) >= 11 is 0. The molecule has 256 valence electrons. The zero-order valence-electron chi connectivity index (χ0n) is 28.5. The Labute approximate surface area is 265 Å². The number of carbonyl (C=O) groups is 2. The third kappa shape index (κ3) is 24.3. The van der Waals surface area contributed by atoms with Crippen LogP contribution in [0.15, 0.2) is 0 Å². The molecule has 0 saturated carbocycles. The molecule has 0 rings (SSSR count). The lowest BCUT2D eigenvalue weighted by atomic mass is 9.87. The summed E-state index contributed by atoms with van der Waals surface area (Å²) in [5, 5.41) is 2.78. The van der Waals surface area contributed by atoms with Crippen LogP contribution in [0.4, 0.5) is 0 Å². The molecular weight excluding hydrogens is 561 g/mol. The summed E-state index contributed by atoms with van der Waals surface area (Å²) in [7, 11) is -3.49. The number of unbranched alkanes of at least 4 members (excludes halogenated alkanes) is 24. The van der Waals surface area contributed by atoms with E-state index in [1.54, 1.807) is 7.05 Å². The summed E-state index contributed by atoms with van der Waals surface area (Å²) in [5.74, 6) is -1.04. The van der Waals surface area contributed by atoms with Gasteiger partial charge in [0.15, 0.2) is 11.6 Å². The van der Waals surface area contributed by atoms with Crippen molar-refractivity contribution in [2.75, 3.05) is 13.6 Å². The summed E-state index contributed by atoms with van der Waals surface area (Å²) in [6, 6.07) is 0. The second-order valence-corrected chi connectivity index (χ2v) is 13.9. The van der Waals surface area contributed by atoms with Crippen LogP contribution >= 0.6 is 7.82 Å². The number of rotatable bonds is 34. The van der Waals surface area contributed by atoms with Crippen LogP contribution in [0.1, 0.15) is 194 Å². The molecule has 0 aromatic carbocycles. The lowest BCUT2D eigenvalue weighted by molar-refractivity contribution is -0.149. The van der Waals surface area contributed by atoms with Crippen LogP contribution in [0, 0.1) is 0 Å². The highest BCUT2D eigenvalue weighted by atomic mass is 31.2. The normalized spacial score (nSPS) is 12.2. The Kier molecular flexibility index (Phi) is 28.5. The van der Waals surface area contributed by atoms with Crippen molar-refractivity contribution in [2.45, 2.75) is 199 Å². The van der Waals surface area contributed by atoms with Crippen molar-refractivity contribution in [3.8, 4) is 0 Å². The average molecular weight is 632 g/mol. The Hall–Kier alpha value is -0.590. The van der Waals surface area contributed by atoms with Gasteiger partial charge in [-0.2, -0.15) is 0 Å². The summed E-state index contributed by atoms with van der Waals surface area (Å²) in [6.07, 6.45) is 30.9. The number of ketones is 2. The van der Waals surface area contributed by atoms with Crippen molar-refractivity contribution in [2.24, 2.45) is 0 Å². The maximum atomic E-state index is 13.3. The molecule has 43 heavy (non-hydrogen) atoms. The van der Waals surface area contributed by atoms with Crippen LogP contribution in [0.25, 0.3) is 0 Å². The fourth-order valence-electron chi connectivity index (χ4n) is 5.95. The van der Waals surface area contributed by atoms with Gasteiger partial charge in [0.05, 0.1) is 0 Å². The highest BCUT2D eigenvalue weighted by molar-refractivity contribution is 7.46. The minimum absolute atomic E-state index is 0.0871. The first-order valence-corrected chi connectivity index (χ1v) is 19.7. The number of carbonyl (C=O) groups excluding carboxylic acids is 2. The monoisotopic (exact) mass is 631 g/mol. The Morgan fingerprint density at radius 1 is 0.535 bits per heavy atom. The second-order valence-electron chi connectivity index (χ2n) is 12.8. The first-order chi connectivity index (χ1) is 20.7. The van der Waals surface area contributed by atoms with Gasteiger partial charge in [-0.3, -0.25) is 14.1 Å². The highest BCUT2D eigenvalue weighted by Gasteiger charge is 2.49. The van der Waals surface area contributed by atoms with E-state index in [0.29, 0.717) is 12.8 Å². The average Bonchev–Trinajstić information content (AvgIpc) is 2.96. The predicted molar refractivity (Wildman–Crippen MR) is 180 cm³/mol. The number of nitrogens with one attached hydrogen (secondary N) is 1. The summed E-state index contributed by atoms with van der Waals surface area (Å²) < 4.78 is 16.9. The van der Waals surface area contributed by atoms with E-state index < -0.39 is 25.0 Å². The van der Waals surface area contributed by atoms with Crippen LogP contribution in [-0.2, 0) is 18.7 Å². The maximum Gasteiger partial charge on any atom is 0.471 e. The fourth-order valence-corrected chi connectivity index (χ4v) is 6.62. The molecule has 0 aromatic rings. The summed E-state index contributed by atoms with van der Waals surface area (Å²) in [4.78, 5) is 45.8. The van der Waals surface area contributed by atoms with Gasteiger partial charge in [0.25, 0.3) is 0 Å². The standard InChI is InChI=1S/C35H70NO6P/c1-4-6-8-10-12-14-16-18-20-22-24-26-28-30-33(37)35(32-36-3,42-43(39,40)41)34(38)31-29-27-25-23-21-19-17-15-13-11-9-7-5-2/h36H,4-32H2,1-3H3,(H2,39,40,41). The molecule has 0 aliphatic rings. The molecule has 0 aliphatic heterocycles. The second kappa shape index (κ2) is 28.9. The van der Waals surface area contributed by atoms with Gasteiger partial charge in [-0.05, 0) is 19.9 Å². The van der Waals surface area contributed by atoms with Crippen LogP contribution in [0.2, 0.25) is 0 Å². The van der Waals surface area contributed by atoms with E-state index in [-0.39, 0.29) is 19.4 Å². The van der Waals surface area contributed by atoms with Crippen molar-refractivity contribution in [3.63, 3.8) is 0 Å². The quantitative estimate of drug-likeness (QED) is 0.0368. The van der Waals surface area contributed by atoms with Gasteiger partial charge >= 0.3 is 7.82 Å². The highest BCUT2D eigenvalue weighted by Crippen LogP contribution is 2.43. The number of phosphoric acid groups is 1. The van der Waals surface area contributed by atoms with Crippen LogP contribution in [0.5, 0.6) is 0 Å². The Morgan fingerprint density at radius 2 is 0.791 bits per heavy atom. The van der Waals surface area contributed by atoms with E-state index in [0.717, 1.165) is 38.5 Å². The van der Waals surface area contributed by atoms with Crippen molar-refractivity contribution >= 4 is 19.4 Å². The zero-order valence-corrected chi connectivity index (χ0v) is 29.4. The molecule has 0 aromatic heterocycles. The molecule has 0 amide bonds. The molecule has 0 aliphatic carbocycles. The molecule has 0 radical (unpaired) electrons. The molecule has 8 heteroatoms. The van der Waals surface area contributed by atoms with Gasteiger partial charge in [0, 0.05) is 19.4 Å². The predicted octanol–water partition coefficient (Wildman–Crippen LogP) is 10.2. The molecule has 0 saturated heterocycles. The molecular formula is C35H70NO6P. The van der Waals surface area contributed by atoms with E-state index >= 15 is 0 Å². The van der Waals surface area contributed by atoms with Crippen molar-refractivity contribution in [1.29, 1.82) is 0 Å². The fraction of sp³-hybridized carbons (Fsp3) is 0.943. The largest absolute Gasteiger partial charge is 0.471 e. The first-order valence-electron chi connectivity index (χ1n) is 18.2. The Bertz CT molecular complexity index is 668. The third-order valence-corrected chi connectivity index (χ3v) is 9.17. The summed E-state index contributed by atoms with van der Waals surface area (Å²) in [6.45, 7) is 4.25. The Morgan fingerprint density at radius 3 is 1.02 bits per heavy atom. The van der Waals surface area contributed by atoms with Crippen molar-refractivity contribution in [1.82, 2.24) is 5.32 Å². The lowest BCUT2D eigenvalue weighted by Crippen LogP contribution is -2.54. The SMILES string of the molecule is CCCCCCCCCCCCCCCC(=O)C(CNC)(OP(=O)(O)O)C(=O)CCCCCCCCCCCCCCC. The van der Waals surface area contributed by atoms with Crippen LogP contribution in [-0.4, -0.2) is 40.5 Å². The maximum absolute atomic E-state index is 13.3. The van der Waals surface area contributed by atoms with Gasteiger partial charge < -0.3 is 15.1 Å². The van der Waals surface area contributed by atoms with E-state index in [2.05, 4.69) is 19.2 Å². The number of hydrogen-bond donors (Lipinski definition) is 3. The van der Waals surface area contributed by atoms with E-state index in [9.17, 15) is 23.9 Å². The number of likely N-dealkylation sites (N-methyl/N-ethyl adjacent to an activating group) is 1. The minimum atomic E-state index is -5.05. The zero-order chi connectivity index (χ0) is 32.1. The van der Waals surface area contributed by atoms with E-state index in [1.807, 2.05) is 0 Å². The lowest BCUT2D eigenvalue weighted by Gasteiger charge is -2.31. The van der Waals surface area contributed by atoms with Gasteiger partial charge in [-0.1, -0.05) is 168 Å². The molecule has 0 heterocycles. The first kappa shape index (κ1) is 42.4. The molecule has 7 nitrogen and oxygen atoms in total. The number of hydrogen-bond acceptors (Lipinski definition) is 5. The Balaban J connectivity index is 4.39. The van der Waals surface area contributed by atoms with E-state index in [1.165, 1.54) is 116 Å². The smallest absolute Gasteiger partial charge is 0.316 e.